The third-order valence-electron chi connectivity index (χ3n) is 3.99. The molecule has 2 rings (SSSR count). The fourth-order valence-electron chi connectivity index (χ4n) is 2.64. The van der Waals surface area contributed by atoms with Crippen LogP contribution in [0, 0.1) is 0 Å². The van der Waals surface area contributed by atoms with Gasteiger partial charge < -0.3 is 15.8 Å². The first-order valence-corrected chi connectivity index (χ1v) is 10.2. The minimum Gasteiger partial charge on any atom is -0.492 e. The second kappa shape index (κ2) is 10.3. The van der Waals surface area contributed by atoms with Crippen molar-refractivity contribution in [2.75, 3.05) is 30.7 Å². The van der Waals surface area contributed by atoms with E-state index in [-0.39, 0.29) is 23.0 Å². The summed E-state index contributed by atoms with van der Waals surface area (Å²) in [5, 5.41) is 2.72. The Hall–Kier alpha value is -2.29. The molecule has 0 aromatic heterocycles. The van der Waals surface area contributed by atoms with Gasteiger partial charge in [-0.2, -0.15) is 4.31 Å². The number of ether oxygens (including phenoxy) is 1. The maximum atomic E-state index is 12.8. The molecule has 0 fully saturated rings. The lowest BCUT2D eigenvalue weighted by atomic mass is 10.2. The van der Waals surface area contributed by atoms with Gasteiger partial charge in [0.05, 0.1) is 17.2 Å². The van der Waals surface area contributed by atoms with E-state index in [0.29, 0.717) is 36.7 Å². The van der Waals surface area contributed by atoms with Crippen molar-refractivity contribution in [3.63, 3.8) is 0 Å². The number of rotatable bonds is 8. The van der Waals surface area contributed by atoms with E-state index in [1.807, 2.05) is 6.92 Å². The molecule has 28 heavy (non-hydrogen) atoms. The molecule has 0 spiro atoms. The molecule has 2 aromatic carbocycles. The quantitative estimate of drug-likeness (QED) is 0.629. The third kappa shape index (κ3) is 5.37. The van der Waals surface area contributed by atoms with E-state index >= 15 is 0 Å². The largest absolute Gasteiger partial charge is 0.492 e. The number of carbonyl (C=O) groups is 1. The molecule has 154 valence electrons. The highest BCUT2D eigenvalue weighted by molar-refractivity contribution is 7.89. The van der Waals surface area contributed by atoms with Crippen LogP contribution in [-0.4, -0.2) is 38.3 Å². The molecule has 0 atom stereocenters. The second-order valence-electron chi connectivity index (χ2n) is 5.76. The number of nitrogens with zero attached hydrogens (tertiary/aromatic N) is 1. The number of benzene rings is 2. The summed E-state index contributed by atoms with van der Waals surface area (Å²) in [4.78, 5) is 12.6. The van der Waals surface area contributed by atoms with E-state index in [1.54, 1.807) is 44.2 Å². The number of nitrogen functional groups attached to an aromatic ring is 1. The third-order valence-corrected chi connectivity index (χ3v) is 6.04. The van der Waals surface area contributed by atoms with Gasteiger partial charge in [-0.1, -0.05) is 19.9 Å². The van der Waals surface area contributed by atoms with Crippen LogP contribution in [0.3, 0.4) is 0 Å². The van der Waals surface area contributed by atoms with Gasteiger partial charge in [-0.15, -0.1) is 12.4 Å². The van der Waals surface area contributed by atoms with Crippen molar-refractivity contribution in [3.8, 4) is 5.75 Å². The molecule has 0 aliphatic rings. The van der Waals surface area contributed by atoms with Crippen LogP contribution in [0.2, 0.25) is 0 Å². The summed E-state index contributed by atoms with van der Waals surface area (Å²) in [5.41, 5.74) is 6.85. The standard InChI is InChI=1S/C19H25N3O4S.ClH/c1-4-22(5-2)27(24,25)16-10-11-18(26-6-3)17(13-16)21-19(23)14-8-7-9-15(20)12-14;/h7-13H,4-6,20H2,1-3H3,(H,21,23);1H. The Labute approximate surface area is 172 Å². The normalized spacial score (nSPS) is 11.0. The van der Waals surface area contributed by atoms with Crippen molar-refractivity contribution in [2.45, 2.75) is 25.7 Å². The molecule has 0 radical (unpaired) electrons. The number of anilines is 2. The fraction of sp³-hybridized carbons (Fsp3) is 0.316. The number of hydrogen-bond acceptors (Lipinski definition) is 5. The second-order valence-corrected chi connectivity index (χ2v) is 7.70. The van der Waals surface area contributed by atoms with Gasteiger partial charge in [0.2, 0.25) is 10.0 Å². The highest BCUT2D eigenvalue weighted by atomic mass is 35.5. The van der Waals surface area contributed by atoms with Crippen LogP contribution in [0.4, 0.5) is 11.4 Å². The Morgan fingerprint density at radius 2 is 1.79 bits per heavy atom. The first-order chi connectivity index (χ1) is 12.8. The maximum absolute atomic E-state index is 12.8. The molecule has 9 heteroatoms. The molecule has 0 saturated carbocycles. The van der Waals surface area contributed by atoms with Crippen molar-refractivity contribution in [2.24, 2.45) is 0 Å². The van der Waals surface area contributed by atoms with Gasteiger partial charge in [-0.3, -0.25) is 4.79 Å². The zero-order chi connectivity index (χ0) is 20.0. The van der Waals surface area contributed by atoms with Gasteiger partial charge in [0.25, 0.3) is 5.91 Å². The molecule has 2 aromatic rings. The van der Waals surface area contributed by atoms with Crippen molar-refractivity contribution in [1.29, 1.82) is 0 Å². The average molecular weight is 428 g/mol. The van der Waals surface area contributed by atoms with Gasteiger partial charge in [-0.25, -0.2) is 8.42 Å². The Balaban J connectivity index is 0.00000392. The number of halogens is 1. The van der Waals surface area contributed by atoms with Gasteiger partial charge in [0.15, 0.2) is 0 Å². The number of sulfonamides is 1. The molecule has 0 heterocycles. The van der Waals surface area contributed by atoms with Crippen LogP contribution in [0.1, 0.15) is 31.1 Å². The Bertz CT molecular complexity index is 915. The van der Waals surface area contributed by atoms with Crippen LogP contribution in [-0.2, 0) is 10.0 Å². The van der Waals surface area contributed by atoms with Crippen molar-refractivity contribution in [1.82, 2.24) is 4.31 Å². The molecule has 7 nitrogen and oxygen atoms in total. The molecule has 3 N–H and O–H groups in total. The van der Waals surface area contributed by atoms with Gasteiger partial charge >= 0.3 is 0 Å². The topological polar surface area (TPSA) is 102 Å². The van der Waals surface area contributed by atoms with E-state index in [0.717, 1.165) is 0 Å². The summed E-state index contributed by atoms with van der Waals surface area (Å²) in [5.74, 6) is -0.00566. The van der Waals surface area contributed by atoms with Crippen LogP contribution >= 0.6 is 12.4 Å². The highest BCUT2D eigenvalue weighted by Gasteiger charge is 2.23. The minimum absolute atomic E-state index is 0. The summed E-state index contributed by atoms with van der Waals surface area (Å²) in [6.45, 7) is 6.46. The first kappa shape index (κ1) is 23.7. The molecule has 1 amide bonds. The van der Waals surface area contributed by atoms with Crippen molar-refractivity contribution < 1.29 is 17.9 Å². The SMILES string of the molecule is CCOc1ccc(S(=O)(=O)N(CC)CC)cc1NC(=O)c1cccc(N)c1.Cl. The van der Waals surface area contributed by atoms with Gasteiger partial charge in [-0.05, 0) is 43.3 Å². The minimum atomic E-state index is -3.66. The molecular formula is C19H26ClN3O4S. The summed E-state index contributed by atoms with van der Waals surface area (Å²) in [6, 6.07) is 11.0. The predicted octanol–water partition coefficient (Wildman–Crippen LogP) is 3.37. The molecule has 0 unspecified atom stereocenters. The van der Waals surface area contributed by atoms with Crippen molar-refractivity contribution in [3.05, 3.63) is 48.0 Å². The summed E-state index contributed by atoms with van der Waals surface area (Å²) >= 11 is 0. The molecule has 0 aliphatic carbocycles. The van der Waals surface area contributed by atoms with Crippen LogP contribution in [0.25, 0.3) is 0 Å². The summed E-state index contributed by atoms with van der Waals surface area (Å²) < 4.78 is 32.4. The average Bonchev–Trinajstić information content (AvgIpc) is 2.64. The zero-order valence-corrected chi connectivity index (χ0v) is 17.8. The van der Waals surface area contributed by atoms with E-state index in [1.165, 1.54) is 16.4 Å². The van der Waals surface area contributed by atoms with Gasteiger partial charge in [0.1, 0.15) is 5.75 Å². The Kier molecular flexibility index (Phi) is 8.74. The lowest BCUT2D eigenvalue weighted by Gasteiger charge is -2.20. The van der Waals surface area contributed by atoms with Crippen LogP contribution < -0.4 is 15.8 Å². The zero-order valence-electron chi connectivity index (χ0n) is 16.1. The predicted molar refractivity (Wildman–Crippen MR) is 114 cm³/mol. The van der Waals surface area contributed by atoms with Crippen LogP contribution in [0.5, 0.6) is 5.75 Å². The van der Waals surface area contributed by atoms with E-state index < -0.39 is 15.9 Å². The number of hydrogen-bond donors (Lipinski definition) is 2. The molecule has 0 bridgehead atoms. The van der Waals surface area contributed by atoms with Crippen molar-refractivity contribution >= 4 is 39.7 Å². The summed E-state index contributed by atoms with van der Waals surface area (Å²) in [6.07, 6.45) is 0. The number of amides is 1. The smallest absolute Gasteiger partial charge is 0.255 e. The number of nitrogens with one attached hydrogen (secondary N) is 1. The van der Waals surface area contributed by atoms with Gasteiger partial charge in [0, 0.05) is 24.3 Å². The fourth-order valence-corrected chi connectivity index (χ4v) is 4.12. The van der Waals surface area contributed by atoms with E-state index in [4.69, 9.17) is 10.5 Å². The number of carbonyl (C=O) groups excluding carboxylic acids is 1. The lowest BCUT2D eigenvalue weighted by molar-refractivity contribution is 0.102. The van der Waals surface area contributed by atoms with E-state index in [2.05, 4.69) is 5.32 Å². The van der Waals surface area contributed by atoms with E-state index in [9.17, 15) is 13.2 Å². The monoisotopic (exact) mass is 427 g/mol. The molecule has 0 aliphatic heterocycles. The maximum Gasteiger partial charge on any atom is 0.255 e. The molecule has 0 saturated heterocycles. The van der Waals surface area contributed by atoms with Crippen LogP contribution in [0.15, 0.2) is 47.4 Å². The highest BCUT2D eigenvalue weighted by Crippen LogP contribution is 2.30. The Morgan fingerprint density at radius 1 is 1.11 bits per heavy atom. The molecular weight excluding hydrogens is 402 g/mol. The number of nitrogens with two attached hydrogens (primary N) is 1. The Morgan fingerprint density at radius 3 is 2.36 bits per heavy atom. The first-order valence-electron chi connectivity index (χ1n) is 8.77. The lowest BCUT2D eigenvalue weighted by Crippen LogP contribution is -2.30. The summed E-state index contributed by atoms with van der Waals surface area (Å²) in [7, 11) is -3.66.